The molecule has 0 unspecified atom stereocenters. The Hall–Kier alpha value is -2.42. The lowest BCUT2D eigenvalue weighted by atomic mass is 10.3. The molecule has 0 radical (unpaired) electrons. The van der Waals surface area contributed by atoms with E-state index in [-0.39, 0.29) is 0 Å². The first kappa shape index (κ1) is 16.4. The molecule has 4 N–H and O–H groups in total. The van der Waals surface area contributed by atoms with E-state index in [1.807, 2.05) is 14.1 Å². The highest BCUT2D eigenvalue weighted by Gasteiger charge is 2.29. The summed E-state index contributed by atoms with van der Waals surface area (Å²) in [5.74, 6) is 2.37. The highest BCUT2D eigenvalue weighted by Crippen LogP contribution is 2.32. The molecule has 1 aliphatic carbocycles. The lowest BCUT2D eigenvalue weighted by Crippen LogP contribution is -2.23. The van der Waals surface area contributed by atoms with Crippen molar-refractivity contribution in [2.75, 3.05) is 48.5 Å². The second-order valence-electron chi connectivity index (χ2n) is 6.04. The van der Waals surface area contributed by atoms with Crippen LogP contribution in [0, 0.1) is 0 Å². The Morgan fingerprint density at radius 1 is 1.08 bits per heavy atom. The second kappa shape index (κ2) is 6.60. The van der Waals surface area contributed by atoms with Crippen molar-refractivity contribution in [2.45, 2.75) is 31.9 Å². The normalized spacial score (nSPS) is 15.2. The van der Waals surface area contributed by atoms with E-state index in [1.165, 1.54) is 12.8 Å². The predicted octanol–water partition coefficient (Wildman–Crippen LogP) is 0.894. The van der Waals surface area contributed by atoms with E-state index in [2.05, 4.69) is 40.8 Å². The number of fused-ring (bicyclic) bond motifs is 1. The molecule has 0 saturated heterocycles. The fourth-order valence-electron chi connectivity index (χ4n) is 2.45. The molecule has 1 atom stereocenters. The van der Waals surface area contributed by atoms with Gasteiger partial charge < -0.3 is 26.0 Å². The fourth-order valence-corrected chi connectivity index (χ4v) is 2.45. The zero-order chi connectivity index (χ0) is 17.3. The van der Waals surface area contributed by atoms with Gasteiger partial charge in [-0.1, -0.05) is 0 Å². The van der Waals surface area contributed by atoms with Crippen molar-refractivity contribution >= 4 is 34.6 Å². The quantitative estimate of drug-likeness (QED) is 0.587. The largest absolute Gasteiger partial charge is 0.392 e. The molecule has 1 aliphatic rings. The number of rotatable bonds is 7. The molecule has 1 fully saturated rings. The fraction of sp³-hybridized carbons (Fsp3) is 0.600. The molecule has 3 rings (SSSR count). The highest BCUT2D eigenvalue weighted by atomic mass is 16.3. The van der Waals surface area contributed by atoms with Gasteiger partial charge in [-0.3, -0.25) is 0 Å². The van der Waals surface area contributed by atoms with Crippen LogP contribution >= 0.6 is 0 Å². The third kappa shape index (κ3) is 3.25. The Bertz CT molecular complexity index is 731. The van der Waals surface area contributed by atoms with E-state index in [0.717, 1.165) is 0 Å². The maximum atomic E-state index is 9.43. The van der Waals surface area contributed by atoms with Crippen molar-refractivity contribution < 1.29 is 5.11 Å². The summed E-state index contributed by atoms with van der Waals surface area (Å²) in [5.41, 5.74) is 1.31. The molecule has 1 saturated carbocycles. The molecule has 2 heterocycles. The number of aromatic nitrogens is 4. The molecule has 9 nitrogen and oxygen atoms in total. The Balaban J connectivity index is 2.07. The van der Waals surface area contributed by atoms with Crippen LogP contribution in [-0.2, 0) is 0 Å². The van der Waals surface area contributed by atoms with Crippen LogP contribution in [0.2, 0.25) is 0 Å². The molecule has 0 spiro atoms. The lowest BCUT2D eigenvalue weighted by molar-refractivity contribution is 0.208. The van der Waals surface area contributed by atoms with Gasteiger partial charge in [0.2, 0.25) is 11.9 Å². The van der Waals surface area contributed by atoms with Crippen molar-refractivity contribution in [1.82, 2.24) is 19.9 Å². The monoisotopic (exact) mass is 332 g/mol. The van der Waals surface area contributed by atoms with Gasteiger partial charge in [0.15, 0.2) is 11.6 Å². The number of nitrogens with one attached hydrogen (secondary N) is 3. The number of anilines is 4. The Kier molecular flexibility index (Phi) is 4.52. The van der Waals surface area contributed by atoms with Crippen LogP contribution < -0.4 is 20.9 Å². The van der Waals surface area contributed by atoms with Crippen LogP contribution in [0.5, 0.6) is 0 Å². The molecular weight excluding hydrogens is 308 g/mol. The van der Waals surface area contributed by atoms with E-state index in [1.54, 1.807) is 14.0 Å². The van der Waals surface area contributed by atoms with Crippen LogP contribution in [0.3, 0.4) is 0 Å². The molecule has 130 valence electrons. The van der Waals surface area contributed by atoms with Crippen molar-refractivity contribution in [3.05, 3.63) is 0 Å². The standard InChI is InChI=1S/C15H24N8O/c1-8(24)7-18-14-19-10-11(12(16-2)21-14)20-15(22-13(10)17-3)23(4)9-5-6-9/h8-9,24H,5-7H2,1-4H3,(H,17,20,22)(H2,16,18,19,21)/t8-/m1/s1. The Labute approximate surface area is 140 Å². The molecule has 0 aromatic carbocycles. The first-order valence-corrected chi connectivity index (χ1v) is 8.13. The summed E-state index contributed by atoms with van der Waals surface area (Å²) in [4.78, 5) is 20.3. The minimum atomic E-state index is -0.489. The van der Waals surface area contributed by atoms with Crippen LogP contribution in [0.25, 0.3) is 11.0 Å². The minimum absolute atomic E-state index is 0.368. The maximum Gasteiger partial charge on any atom is 0.228 e. The van der Waals surface area contributed by atoms with Crippen molar-refractivity contribution in [3.63, 3.8) is 0 Å². The molecule has 0 amide bonds. The minimum Gasteiger partial charge on any atom is -0.392 e. The average molecular weight is 332 g/mol. The molecule has 24 heavy (non-hydrogen) atoms. The molecule has 9 heteroatoms. The van der Waals surface area contributed by atoms with Crippen molar-refractivity contribution in [3.8, 4) is 0 Å². The van der Waals surface area contributed by atoms with E-state index in [9.17, 15) is 5.11 Å². The third-order valence-corrected chi connectivity index (χ3v) is 3.97. The summed E-state index contributed by atoms with van der Waals surface area (Å²) in [6.07, 6.45) is 1.85. The summed E-state index contributed by atoms with van der Waals surface area (Å²) < 4.78 is 0. The summed E-state index contributed by atoms with van der Waals surface area (Å²) in [6.45, 7) is 2.07. The number of aliphatic hydroxyl groups is 1. The first-order valence-electron chi connectivity index (χ1n) is 8.13. The molecule has 2 aromatic heterocycles. The van der Waals surface area contributed by atoms with Gasteiger partial charge in [0.1, 0.15) is 11.0 Å². The zero-order valence-electron chi connectivity index (χ0n) is 14.5. The van der Waals surface area contributed by atoms with E-state index >= 15 is 0 Å². The van der Waals surface area contributed by atoms with Crippen molar-refractivity contribution in [1.29, 1.82) is 0 Å². The number of nitrogens with zero attached hydrogens (tertiary/aromatic N) is 5. The van der Waals surface area contributed by atoms with Crippen LogP contribution in [-0.4, -0.2) is 64.9 Å². The van der Waals surface area contributed by atoms with Gasteiger partial charge in [0.25, 0.3) is 0 Å². The topological polar surface area (TPSA) is 111 Å². The third-order valence-electron chi connectivity index (χ3n) is 3.97. The SMILES string of the molecule is CNc1nc(N(C)C2CC2)nc2c(NC)nc(NC[C@@H](C)O)nc12. The first-order chi connectivity index (χ1) is 11.5. The van der Waals surface area contributed by atoms with E-state index < -0.39 is 6.10 Å². The van der Waals surface area contributed by atoms with Gasteiger partial charge in [0.05, 0.1) is 6.10 Å². The second-order valence-corrected chi connectivity index (χ2v) is 6.04. The van der Waals surface area contributed by atoms with E-state index in [0.29, 0.717) is 47.2 Å². The lowest BCUT2D eigenvalue weighted by Gasteiger charge is -2.19. The average Bonchev–Trinajstić information content (AvgIpc) is 3.42. The molecule has 0 aliphatic heterocycles. The zero-order valence-corrected chi connectivity index (χ0v) is 14.5. The van der Waals surface area contributed by atoms with Crippen LogP contribution in [0.4, 0.5) is 23.5 Å². The smallest absolute Gasteiger partial charge is 0.228 e. The van der Waals surface area contributed by atoms with E-state index in [4.69, 9.17) is 0 Å². The van der Waals surface area contributed by atoms with Gasteiger partial charge in [-0.05, 0) is 19.8 Å². The Morgan fingerprint density at radius 3 is 2.29 bits per heavy atom. The van der Waals surface area contributed by atoms with Crippen molar-refractivity contribution in [2.24, 2.45) is 0 Å². The number of hydrogen-bond donors (Lipinski definition) is 4. The number of hydrogen-bond acceptors (Lipinski definition) is 9. The Morgan fingerprint density at radius 2 is 1.71 bits per heavy atom. The van der Waals surface area contributed by atoms with Gasteiger partial charge in [-0.2, -0.15) is 9.97 Å². The number of aliphatic hydroxyl groups excluding tert-OH is 1. The summed E-state index contributed by atoms with van der Waals surface area (Å²) >= 11 is 0. The van der Waals surface area contributed by atoms with Gasteiger partial charge in [-0.15, -0.1) is 0 Å². The summed E-state index contributed by atoms with van der Waals surface area (Å²) in [7, 11) is 5.62. The maximum absolute atomic E-state index is 9.43. The van der Waals surface area contributed by atoms with Crippen LogP contribution in [0.15, 0.2) is 0 Å². The highest BCUT2D eigenvalue weighted by molar-refractivity contribution is 5.94. The van der Waals surface area contributed by atoms with Gasteiger partial charge in [-0.25, -0.2) is 9.97 Å². The molecular formula is C15H24N8O. The van der Waals surface area contributed by atoms with Gasteiger partial charge in [0, 0.05) is 33.7 Å². The predicted molar refractivity (Wildman–Crippen MR) is 95.8 cm³/mol. The summed E-state index contributed by atoms with van der Waals surface area (Å²) in [6, 6.07) is 0.512. The summed E-state index contributed by atoms with van der Waals surface area (Å²) in [5, 5.41) is 18.6. The van der Waals surface area contributed by atoms with Crippen LogP contribution in [0.1, 0.15) is 19.8 Å². The molecule has 2 aromatic rings. The van der Waals surface area contributed by atoms with Gasteiger partial charge >= 0.3 is 0 Å². The molecule has 0 bridgehead atoms.